The number of aromatic nitrogens is 1. The van der Waals surface area contributed by atoms with Crippen molar-refractivity contribution in [2.75, 3.05) is 12.4 Å². The number of carbonyl (C=O) groups excluding carboxylic acids is 1. The lowest BCUT2D eigenvalue weighted by Gasteiger charge is -2.08. The van der Waals surface area contributed by atoms with Crippen molar-refractivity contribution in [2.45, 2.75) is 6.92 Å². The van der Waals surface area contributed by atoms with E-state index in [9.17, 15) is 4.79 Å². The third kappa shape index (κ3) is 2.70. The fourth-order valence-electron chi connectivity index (χ4n) is 1.43. The van der Waals surface area contributed by atoms with Crippen LogP contribution >= 0.6 is 27.3 Å². The molecule has 94 valence electrons. The molecule has 0 aliphatic carbocycles. The largest absolute Gasteiger partial charge is 0.497 e. The third-order valence-corrected chi connectivity index (χ3v) is 3.99. The number of halogens is 1. The lowest BCUT2D eigenvalue weighted by atomic mass is 10.3. The average molecular weight is 327 g/mol. The van der Waals surface area contributed by atoms with Crippen LogP contribution in [0.3, 0.4) is 0 Å². The summed E-state index contributed by atoms with van der Waals surface area (Å²) in [6.07, 6.45) is 0. The molecule has 0 saturated heterocycles. The maximum Gasteiger partial charge on any atom is 0.267 e. The van der Waals surface area contributed by atoms with Crippen LogP contribution in [0.15, 0.2) is 28.2 Å². The van der Waals surface area contributed by atoms with Crippen molar-refractivity contribution in [2.24, 2.45) is 0 Å². The number of nitrogens with one attached hydrogen (secondary N) is 1. The Morgan fingerprint density at radius 2 is 2.28 bits per heavy atom. The van der Waals surface area contributed by atoms with Crippen LogP contribution in [-0.2, 0) is 0 Å². The zero-order chi connectivity index (χ0) is 13.1. The average Bonchev–Trinajstić information content (AvgIpc) is 2.78. The topological polar surface area (TPSA) is 51.2 Å². The predicted molar refractivity (Wildman–Crippen MR) is 75.5 cm³/mol. The molecule has 1 aromatic heterocycles. The Morgan fingerprint density at radius 1 is 1.50 bits per heavy atom. The van der Waals surface area contributed by atoms with Gasteiger partial charge >= 0.3 is 0 Å². The number of benzene rings is 1. The van der Waals surface area contributed by atoms with Crippen LogP contribution in [0.2, 0.25) is 0 Å². The van der Waals surface area contributed by atoms with Crippen LogP contribution in [0.4, 0.5) is 5.69 Å². The molecule has 0 aliphatic rings. The highest BCUT2D eigenvalue weighted by Gasteiger charge is 2.13. The molecule has 4 nitrogen and oxygen atoms in total. The van der Waals surface area contributed by atoms with Gasteiger partial charge in [-0.1, -0.05) is 0 Å². The maximum atomic E-state index is 12.0. The Labute approximate surface area is 117 Å². The van der Waals surface area contributed by atoms with Gasteiger partial charge in [-0.2, -0.15) is 0 Å². The molecule has 1 heterocycles. The Morgan fingerprint density at radius 3 is 2.89 bits per heavy atom. The molecular weight excluding hydrogens is 316 g/mol. The highest BCUT2D eigenvalue weighted by molar-refractivity contribution is 9.10. The summed E-state index contributed by atoms with van der Waals surface area (Å²) in [5.74, 6) is 0.526. The lowest BCUT2D eigenvalue weighted by Crippen LogP contribution is -2.12. The minimum atomic E-state index is -0.163. The molecule has 0 spiro atoms. The number of hydrogen-bond donors (Lipinski definition) is 1. The predicted octanol–water partition coefficient (Wildman–Crippen LogP) is 3.47. The van der Waals surface area contributed by atoms with Crippen molar-refractivity contribution in [3.8, 4) is 5.75 Å². The van der Waals surface area contributed by atoms with Crippen molar-refractivity contribution >= 4 is 38.9 Å². The van der Waals surface area contributed by atoms with Gasteiger partial charge in [0.1, 0.15) is 10.6 Å². The van der Waals surface area contributed by atoms with E-state index in [0.717, 1.165) is 10.2 Å². The zero-order valence-electron chi connectivity index (χ0n) is 9.86. The molecule has 0 fully saturated rings. The number of rotatable bonds is 3. The van der Waals surface area contributed by atoms with Crippen LogP contribution < -0.4 is 10.1 Å². The van der Waals surface area contributed by atoms with Crippen LogP contribution in [0.1, 0.15) is 15.4 Å². The second-order valence-corrected chi connectivity index (χ2v) is 5.28. The van der Waals surface area contributed by atoms with Gasteiger partial charge in [0.15, 0.2) is 0 Å². The summed E-state index contributed by atoms with van der Waals surface area (Å²) in [4.78, 5) is 16.7. The van der Waals surface area contributed by atoms with Gasteiger partial charge in [0, 0.05) is 10.5 Å². The van der Waals surface area contributed by atoms with Gasteiger partial charge in [0.05, 0.1) is 24.0 Å². The number of anilines is 1. The first-order valence-electron chi connectivity index (χ1n) is 5.17. The first-order chi connectivity index (χ1) is 8.61. The summed E-state index contributed by atoms with van der Waals surface area (Å²) in [6.45, 7) is 1.81. The van der Waals surface area contributed by atoms with E-state index in [0.29, 0.717) is 16.3 Å². The number of methoxy groups -OCH3 is 1. The Bertz CT molecular complexity index is 583. The molecule has 2 rings (SSSR count). The van der Waals surface area contributed by atoms with Crippen molar-refractivity contribution in [1.82, 2.24) is 4.98 Å². The molecule has 0 atom stereocenters. The van der Waals surface area contributed by atoms with Gasteiger partial charge in [-0.15, -0.1) is 11.3 Å². The quantitative estimate of drug-likeness (QED) is 0.939. The SMILES string of the molecule is COc1ccc(Br)c(NC(=O)c2scnc2C)c1. The van der Waals surface area contributed by atoms with Crippen LogP contribution in [0, 0.1) is 6.92 Å². The molecule has 2 aromatic rings. The van der Waals surface area contributed by atoms with E-state index in [-0.39, 0.29) is 5.91 Å². The molecule has 0 unspecified atom stereocenters. The van der Waals surface area contributed by atoms with E-state index < -0.39 is 0 Å². The third-order valence-electron chi connectivity index (χ3n) is 2.37. The van der Waals surface area contributed by atoms with Gasteiger partial charge in [-0.05, 0) is 35.0 Å². The highest BCUT2D eigenvalue weighted by Crippen LogP contribution is 2.28. The lowest BCUT2D eigenvalue weighted by molar-refractivity contribution is 0.102. The van der Waals surface area contributed by atoms with E-state index in [2.05, 4.69) is 26.2 Å². The van der Waals surface area contributed by atoms with Crippen LogP contribution in [-0.4, -0.2) is 18.0 Å². The molecule has 0 radical (unpaired) electrons. The number of nitrogens with zero attached hydrogens (tertiary/aromatic N) is 1. The zero-order valence-corrected chi connectivity index (χ0v) is 12.3. The van der Waals surface area contributed by atoms with Crippen LogP contribution in [0.25, 0.3) is 0 Å². The Kier molecular flexibility index (Phi) is 3.98. The summed E-state index contributed by atoms with van der Waals surface area (Å²) in [5.41, 5.74) is 3.06. The van der Waals surface area contributed by atoms with E-state index in [1.807, 2.05) is 19.1 Å². The molecule has 6 heteroatoms. The number of aryl methyl sites for hydroxylation is 1. The first kappa shape index (κ1) is 13.0. The number of thiazole rings is 1. The van der Waals surface area contributed by atoms with Crippen molar-refractivity contribution in [1.29, 1.82) is 0 Å². The fraction of sp³-hybridized carbons (Fsp3) is 0.167. The number of carbonyl (C=O) groups is 1. The van der Waals surface area contributed by atoms with Crippen molar-refractivity contribution in [3.63, 3.8) is 0 Å². The Balaban J connectivity index is 2.24. The van der Waals surface area contributed by atoms with E-state index in [4.69, 9.17) is 4.74 Å². The summed E-state index contributed by atoms with van der Waals surface area (Å²) in [5, 5.41) is 2.83. The van der Waals surface area contributed by atoms with Crippen molar-refractivity contribution < 1.29 is 9.53 Å². The minimum absolute atomic E-state index is 0.163. The minimum Gasteiger partial charge on any atom is -0.497 e. The van der Waals surface area contributed by atoms with Gasteiger partial charge in [0.25, 0.3) is 5.91 Å². The Hall–Kier alpha value is -1.40. The molecule has 1 N–H and O–H groups in total. The van der Waals surface area contributed by atoms with Gasteiger partial charge in [-0.25, -0.2) is 4.98 Å². The van der Waals surface area contributed by atoms with Gasteiger partial charge in [-0.3, -0.25) is 4.79 Å². The van der Waals surface area contributed by atoms with E-state index in [1.165, 1.54) is 11.3 Å². The molecule has 1 amide bonds. The van der Waals surface area contributed by atoms with Gasteiger partial charge < -0.3 is 10.1 Å². The fourth-order valence-corrected chi connectivity index (χ4v) is 2.47. The van der Waals surface area contributed by atoms with Crippen molar-refractivity contribution in [3.05, 3.63) is 38.8 Å². The summed E-state index contributed by atoms with van der Waals surface area (Å²) < 4.78 is 5.93. The standard InChI is InChI=1S/C12H11BrN2O2S/c1-7-11(18-6-14-7)12(16)15-10-5-8(17-2)3-4-9(10)13/h3-6H,1-2H3,(H,15,16). The molecule has 0 bridgehead atoms. The number of hydrogen-bond acceptors (Lipinski definition) is 4. The molecule has 0 aliphatic heterocycles. The summed E-state index contributed by atoms with van der Waals surface area (Å²) in [6, 6.07) is 5.41. The molecule has 1 aromatic carbocycles. The summed E-state index contributed by atoms with van der Waals surface area (Å²) >= 11 is 4.71. The maximum absolute atomic E-state index is 12.0. The normalized spacial score (nSPS) is 10.2. The van der Waals surface area contributed by atoms with E-state index in [1.54, 1.807) is 18.7 Å². The monoisotopic (exact) mass is 326 g/mol. The number of ether oxygens (including phenoxy) is 1. The highest BCUT2D eigenvalue weighted by atomic mass is 79.9. The second kappa shape index (κ2) is 5.49. The second-order valence-electron chi connectivity index (χ2n) is 3.57. The summed E-state index contributed by atoms with van der Waals surface area (Å²) in [7, 11) is 1.59. The molecular formula is C12H11BrN2O2S. The van der Waals surface area contributed by atoms with E-state index >= 15 is 0 Å². The number of amides is 1. The van der Waals surface area contributed by atoms with Gasteiger partial charge in [0.2, 0.25) is 0 Å². The first-order valence-corrected chi connectivity index (χ1v) is 6.84. The molecule has 0 saturated carbocycles. The smallest absolute Gasteiger partial charge is 0.267 e. The molecule has 18 heavy (non-hydrogen) atoms. The van der Waals surface area contributed by atoms with Crippen LogP contribution in [0.5, 0.6) is 5.75 Å².